The third-order valence-corrected chi connectivity index (χ3v) is 7.76. The van der Waals surface area contributed by atoms with Crippen molar-refractivity contribution in [1.29, 1.82) is 0 Å². The molecule has 2 aliphatic rings. The van der Waals surface area contributed by atoms with Gasteiger partial charge < -0.3 is 15.5 Å². The minimum Gasteiger partial charge on any atom is -0.342 e. The van der Waals surface area contributed by atoms with Crippen molar-refractivity contribution in [3.63, 3.8) is 0 Å². The van der Waals surface area contributed by atoms with Gasteiger partial charge in [-0.05, 0) is 49.9 Å². The van der Waals surface area contributed by atoms with E-state index in [-0.39, 0.29) is 35.5 Å². The summed E-state index contributed by atoms with van der Waals surface area (Å²) >= 11 is 0. The van der Waals surface area contributed by atoms with Crippen LogP contribution in [0, 0.1) is 17.3 Å². The predicted molar refractivity (Wildman–Crippen MR) is 135 cm³/mol. The SMILES string of the molecule is CCC1C(C)CC(C)N1C(=O)[C@@H](NC(=O)C(NC(=O)c1cnccn1)C1CCCCC1)C(C)(C)C. The fraction of sp³-hybridized carbons (Fsp3) is 0.741. The fourth-order valence-electron chi connectivity index (χ4n) is 5.92. The highest BCUT2D eigenvalue weighted by Crippen LogP contribution is 2.34. The lowest BCUT2D eigenvalue weighted by Gasteiger charge is -2.39. The van der Waals surface area contributed by atoms with Gasteiger partial charge in [0.1, 0.15) is 17.8 Å². The molecule has 1 aromatic rings. The molecule has 35 heavy (non-hydrogen) atoms. The maximum atomic E-state index is 13.9. The summed E-state index contributed by atoms with van der Waals surface area (Å²) in [6.07, 6.45) is 11.1. The third-order valence-electron chi connectivity index (χ3n) is 7.76. The van der Waals surface area contributed by atoms with Crippen molar-refractivity contribution in [1.82, 2.24) is 25.5 Å². The Morgan fingerprint density at radius 2 is 1.77 bits per heavy atom. The van der Waals surface area contributed by atoms with Crippen LogP contribution in [0.25, 0.3) is 0 Å². The molecule has 3 amide bonds. The van der Waals surface area contributed by atoms with Crippen molar-refractivity contribution < 1.29 is 14.4 Å². The Bertz CT molecular complexity index is 879. The fourth-order valence-corrected chi connectivity index (χ4v) is 5.92. The third kappa shape index (κ3) is 6.39. The molecule has 2 heterocycles. The average molecular weight is 486 g/mol. The van der Waals surface area contributed by atoms with Crippen molar-refractivity contribution in [2.24, 2.45) is 17.3 Å². The zero-order valence-corrected chi connectivity index (χ0v) is 22.2. The largest absolute Gasteiger partial charge is 0.342 e. The van der Waals surface area contributed by atoms with Gasteiger partial charge in [0, 0.05) is 24.5 Å². The summed E-state index contributed by atoms with van der Waals surface area (Å²) in [7, 11) is 0. The molecule has 1 aliphatic heterocycles. The summed E-state index contributed by atoms with van der Waals surface area (Å²) in [5, 5.41) is 6.01. The molecule has 1 saturated heterocycles. The maximum Gasteiger partial charge on any atom is 0.272 e. The molecule has 0 spiro atoms. The summed E-state index contributed by atoms with van der Waals surface area (Å²) in [5.41, 5.74) is -0.307. The summed E-state index contributed by atoms with van der Waals surface area (Å²) in [5.74, 6) is -0.297. The predicted octanol–water partition coefficient (Wildman–Crippen LogP) is 3.72. The molecule has 2 fully saturated rings. The van der Waals surface area contributed by atoms with Crippen LogP contribution in [0.4, 0.5) is 0 Å². The Morgan fingerprint density at radius 1 is 1.09 bits per heavy atom. The Hall–Kier alpha value is -2.51. The molecule has 5 atom stereocenters. The lowest BCUT2D eigenvalue weighted by Crippen LogP contribution is -2.61. The van der Waals surface area contributed by atoms with Gasteiger partial charge in [-0.25, -0.2) is 4.98 Å². The van der Waals surface area contributed by atoms with Gasteiger partial charge in [0.05, 0.1) is 6.20 Å². The van der Waals surface area contributed by atoms with Gasteiger partial charge in [0.25, 0.3) is 5.91 Å². The van der Waals surface area contributed by atoms with E-state index in [9.17, 15) is 14.4 Å². The number of aromatic nitrogens is 2. The quantitative estimate of drug-likeness (QED) is 0.612. The molecular weight excluding hydrogens is 442 g/mol. The molecule has 1 aliphatic carbocycles. The molecular formula is C27H43N5O3. The van der Waals surface area contributed by atoms with E-state index in [1.807, 2.05) is 25.7 Å². The van der Waals surface area contributed by atoms with Crippen molar-refractivity contribution >= 4 is 17.7 Å². The van der Waals surface area contributed by atoms with E-state index < -0.39 is 23.4 Å². The van der Waals surface area contributed by atoms with Crippen molar-refractivity contribution in [2.75, 3.05) is 0 Å². The van der Waals surface area contributed by atoms with Gasteiger partial charge in [0.15, 0.2) is 0 Å². The number of carbonyl (C=O) groups is 3. The van der Waals surface area contributed by atoms with E-state index in [0.717, 1.165) is 44.9 Å². The van der Waals surface area contributed by atoms with Crippen molar-refractivity contribution in [2.45, 2.75) is 111 Å². The second kappa shape index (κ2) is 11.5. The van der Waals surface area contributed by atoms with Crippen molar-refractivity contribution in [3.05, 3.63) is 24.3 Å². The Morgan fingerprint density at radius 3 is 2.34 bits per heavy atom. The van der Waals surface area contributed by atoms with E-state index in [4.69, 9.17) is 0 Å². The molecule has 0 bridgehead atoms. The number of hydrogen-bond acceptors (Lipinski definition) is 5. The molecule has 1 aromatic heterocycles. The minimum absolute atomic E-state index is 0.0224. The standard InChI is InChI=1S/C27H43N5O3/c1-7-21-17(2)15-18(3)32(21)26(35)23(27(4,5)6)31-25(34)22(19-11-9-8-10-12-19)30-24(33)20-16-28-13-14-29-20/h13-14,16-19,21-23H,7-12,15H2,1-6H3,(H,30,33)(H,31,34)/t17?,18?,21?,22?,23-/m1/s1. The number of hydrogen-bond donors (Lipinski definition) is 2. The molecule has 0 radical (unpaired) electrons. The molecule has 4 unspecified atom stereocenters. The maximum absolute atomic E-state index is 13.9. The van der Waals surface area contributed by atoms with Gasteiger partial charge >= 0.3 is 0 Å². The second-order valence-electron chi connectivity index (χ2n) is 11.5. The topological polar surface area (TPSA) is 104 Å². The van der Waals surface area contributed by atoms with Crippen LogP contribution in [0.2, 0.25) is 0 Å². The van der Waals surface area contributed by atoms with Gasteiger partial charge in [0.2, 0.25) is 11.8 Å². The van der Waals surface area contributed by atoms with E-state index in [1.54, 1.807) is 0 Å². The summed E-state index contributed by atoms with van der Waals surface area (Å²) in [6.45, 7) is 12.4. The molecule has 3 rings (SSSR count). The zero-order valence-electron chi connectivity index (χ0n) is 22.2. The van der Waals surface area contributed by atoms with Gasteiger partial charge in [-0.15, -0.1) is 0 Å². The Kier molecular flexibility index (Phi) is 8.89. The van der Waals surface area contributed by atoms with Crippen LogP contribution < -0.4 is 10.6 Å². The number of nitrogens with one attached hydrogen (secondary N) is 2. The molecule has 0 aromatic carbocycles. The normalized spacial score (nSPS) is 25.1. The van der Waals surface area contributed by atoms with E-state index in [0.29, 0.717) is 5.92 Å². The number of rotatable bonds is 7. The molecule has 1 saturated carbocycles. The van der Waals surface area contributed by atoms with Crippen LogP contribution in [0.5, 0.6) is 0 Å². The summed E-state index contributed by atoms with van der Waals surface area (Å²) < 4.78 is 0. The number of likely N-dealkylation sites (tertiary alicyclic amines) is 1. The van der Waals surface area contributed by atoms with Crippen LogP contribution in [0.3, 0.4) is 0 Å². The number of nitrogens with zero attached hydrogens (tertiary/aromatic N) is 3. The number of amides is 3. The first kappa shape index (κ1) is 27.1. The summed E-state index contributed by atoms with van der Waals surface area (Å²) in [4.78, 5) is 50.6. The molecule has 8 nitrogen and oxygen atoms in total. The molecule has 8 heteroatoms. The van der Waals surface area contributed by atoms with Crippen LogP contribution in [-0.2, 0) is 9.59 Å². The first-order valence-corrected chi connectivity index (χ1v) is 13.2. The van der Waals surface area contributed by atoms with Crippen LogP contribution in [-0.4, -0.2) is 56.8 Å². The zero-order chi connectivity index (χ0) is 25.8. The molecule has 194 valence electrons. The van der Waals surface area contributed by atoms with E-state index >= 15 is 0 Å². The monoisotopic (exact) mass is 485 g/mol. The van der Waals surface area contributed by atoms with Gasteiger partial charge in [-0.1, -0.05) is 53.9 Å². The number of carbonyl (C=O) groups excluding carboxylic acids is 3. The van der Waals surface area contributed by atoms with Gasteiger partial charge in [-0.2, -0.15) is 0 Å². The van der Waals surface area contributed by atoms with E-state index in [1.165, 1.54) is 18.6 Å². The first-order chi connectivity index (χ1) is 16.5. The van der Waals surface area contributed by atoms with E-state index in [2.05, 4.69) is 41.4 Å². The lowest BCUT2D eigenvalue weighted by molar-refractivity contribution is -0.142. The van der Waals surface area contributed by atoms with Crippen LogP contribution in [0.15, 0.2) is 18.6 Å². The highest BCUT2D eigenvalue weighted by molar-refractivity contribution is 5.97. The Labute approximate surface area is 210 Å². The van der Waals surface area contributed by atoms with Crippen LogP contribution in [0.1, 0.15) is 97.0 Å². The first-order valence-electron chi connectivity index (χ1n) is 13.2. The summed E-state index contributed by atoms with van der Waals surface area (Å²) in [6, 6.07) is -1.10. The van der Waals surface area contributed by atoms with Crippen molar-refractivity contribution in [3.8, 4) is 0 Å². The lowest BCUT2D eigenvalue weighted by atomic mass is 9.82. The molecule has 2 N–H and O–H groups in total. The second-order valence-corrected chi connectivity index (χ2v) is 11.5. The highest BCUT2D eigenvalue weighted by Gasteiger charge is 2.45. The Balaban J connectivity index is 1.84. The average Bonchev–Trinajstić information content (AvgIpc) is 3.13. The highest BCUT2D eigenvalue weighted by atomic mass is 16.2. The minimum atomic E-state index is -0.723. The smallest absolute Gasteiger partial charge is 0.272 e. The van der Waals surface area contributed by atoms with Gasteiger partial charge in [-0.3, -0.25) is 19.4 Å². The van der Waals surface area contributed by atoms with Crippen LogP contribution >= 0.6 is 0 Å².